The minimum Gasteiger partial charge on any atom is -0.392 e. The number of halogens is 3. The van der Waals surface area contributed by atoms with E-state index in [1.807, 2.05) is 0 Å². The molecule has 7 heteroatoms. The second kappa shape index (κ2) is 5.14. The summed E-state index contributed by atoms with van der Waals surface area (Å²) in [5.41, 5.74) is -0.523. The van der Waals surface area contributed by atoms with Gasteiger partial charge >= 0.3 is 6.18 Å². The molecule has 2 aromatic rings. The average Bonchev–Trinajstić information content (AvgIpc) is 3.19. The van der Waals surface area contributed by atoms with E-state index in [-0.39, 0.29) is 29.6 Å². The van der Waals surface area contributed by atoms with E-state index >= 15 is 0 Å². The van der Waals surface area contributed by atoms with Crippen LogP contribution in [0, 0.1) is 5.92 Å². The highest BCUT2D eigenvalue weighted by Gasteiger charge is 2.32. The number of nitrogens with zero attached hydrogens (tertiary/aromatic N) is 2. The zero-order valence-electron chi connectivity index (χ0n) is 11.0. The van der Waals surface area contributed by atoms with Crippen LogP contribution in [0.15, 0.2) is 28.8 Å². The van der Waals surface area contributed by atoms with Crippen molar-refractivity contribution in [3.8, 4) is 11.4 Å². The van der Waals surface area contributed by atoms with Gasteiger partial charge in [-0.25, -0.2) is 0 Å². The summed E-state index contributed by atoms with van der Waals surface area (Å²) in [7, 11) is 0. The molecular weight excluding hydrogens is 285 g/mol. The third-order valence-electron chi connectivity index (χ3n) is 3.47. The van der Waals surface area contributed by atoms with Crippen molar-refractivity contribution >= 4 is 0 Å². The molecule has 1 aromatic heterocycles. The molecule has 1 heterocycles. The normalized spacial score (nSPS) is 17.0. The van der Waals surface area contributed by atoms with Crippen molar-refractivity contribution in [1.29, 1.82) is 0 Å². The van der Waals surface area contributed by atoms with Crippen molar-refractivity contribution in [3.63, 3.8) is 0 Å². The largest absolute Gasteiger partial charge is 0.416 e. The lowest BCUT2D eigenvalue weighted by atomic mass is 10.1. The topological polar surface area (TPSA) is 59.2 Å². The third-order valence-corrected chi connectivity index (χ3v) is 3.47. The fraction of sp³-hybridized carbons (Fsp3) is 0.429. The fourth-order valence-electron chi connectivity index (χ4n) is 2.12. The second-order valence-electron chi connectivity index (χ2n) is 5.20. The number of benzene rings is 1. The zero-order chi connectivity index (χ0) is 15.0. The van der Waals surface area contributed by atoms with Crippen LogP contribution in [-0.2, 0) is 12.6 Å². The molecule has 21 heavy (non-hydrogen) atoms. The van der Waals surface area contributed by atoms with Crippen LogP contribution in [0.5, 0.6) is 0 Å². The van der Waals surface area contributed by atoms with E-state index in [2.05, 4.69) is 10.1 Å². The minimum absolute atomic E-state index is 0.0964. The second-order valence-corrected chi connectivity index (χ2v) is 5.20. The van der Waals surface area contributed by atoms with Gasteiger partial charge in [-0.15, -0.1) is 0 Å². The van der Waals surface area contributed by atoms with Gasteiger partial charge in [-0.3, -0.25) is 0 Å². The number of hydrogen-bond donors (Lipinski definition) is 1. The summed E-state index contributed by atoms with van der Waals surface area (Å²) < 4.78 is 43.0. The summed E-state index contributed by atoms with van der Waals surface area (Å²) in [6.45, 7) is 0. The van der Waals surface area contributed by atoms with Gasteiger partial charge in [-0.2, -0.15) is 18.2 Å². The van der Waals surface area contributed by atoms with E-state index < -0.39 is 17.8 Å². The first-order chi connectivity index (χ1) is 9.93. The van der Waals surface area contributed by atoms with Crippen LogP contribution in [0.1, 0.15) is 24.3 Å². The minimum atomic E-state index is -4.41. The highest BCUT2D eigenvalue weighted by atomic mass is 19.4. The van der Waals surface area contributed by atoms with Crippen LogP contribution >= 0.6 is 0 Å². The number of aliphatic hydroxyl groups excluding tert-OH is 1. The maximum Gasteiger partial charge on any atom is 0.416 e. The van der Waals surface area contributed by atoms with Crippen LogP contribution < -0.4 is 0 Å². The van der Waals surface area contributed by atoms with E-state index in [9.17, 15) is 18.3 Å². The van der Waals surface area contributed by atoms with Crippen molar-refractivity contribution in [2.75, 3.05) is 0 Å². The smallest absolute Gasteiger partial charge is 0.392 e. The molecule has 0 spiro atoms. The standard InChI is InChI=1S/C14H13F3N2O2/c15-14(16,17)10-3-1-2-9(6-10)13-18-12(21-19-13)7-11(20)8-4-5-8/h1-3,6,8,11,20H,4-5,7H2. The van der Waals surface area contributed by atoms with Crippen molar-refractivity contribution in [1.82, 2.24) is 10.1 Å². The lowest BCUT2D eigenvalue weighted by molar-refractivity contribution is -0.137. The van der Waals surface area contributed by atoms with Crippen molar-refractivity contribution in [2.24, 2.45) is 5.92 Å². The van der Waals surface area contributed by atoms with E-state index in [1.165, 1.54) is 12.1 Å². The number of hydrogen-bond acceptors (Lipinski definition) is 4. The number of alkyl halides is 3. The predicted octanol–water partition coefficient (Wildman–Crippen LogP) is 3.07. The monoisotopic (exact) mass is 298 g/mol. The Hall–Kier alpha value is -1.89. The number of aliphatic hydroxyl groups is 1. The Labute approximate surface area is 118 Å². The first-order valence-electron chi connectivity index (χ1n) is 6.62. The van der Waals surface area contributed by atoms with E-state index in [1.54, 1.807) is 0 Å². The highest BCUT2D eigenvalue weighted by molar-refractivity contribution is 5.55. The lowest BCUT2D eigenvalue weighted by Crippen LogP contribution is -2.12. The maximum absolute atomic E-state index is 12.7. The quantitative estimate of drug-likeness (QED) is 0.942. The lowest BCUT2D eigenvalue weighted by Gasteiger charge is -2.06. The summed E-state index contributed by atoms with van der Waals surface area (Å²) in [5.74, 6) is 0.606. The van der Waals surface area contributed by atoms with Gasteiger partial charge in [0.15, 0.2) is 0 Å². The molecule has 0 saturated heterocycles. The first-order valence-corrected chi connectivity index (χ1v) is 6.62. The van der Waals surface area contributed by atoms with Gasteiger partial charge in [0.25, 0.3) is 0 Å². The summed E-state index contributed by atoms with van der Waals surface area (Å²) in [4.78, 5) is 4.05. The van der Waals surface area contributed by atoms with Crippen LogP contribution in [0.3, 0.4) is 0 Å². The van der Waals surface area contributed by atoms with E-state index in [0.29, 0.717) is 0 Å². The molecule has 1 aliphatic carbocycles. The third kappa shape index (κ3) is 3.24. The van der Waals surface area contributed by atoms with Crippen molar-refractivity contribution in [2.45, 2.75) is 31.5 Å². The van der Waals surface area contributed by atoms with E-state index in [4.69, 9.17) is 4.52 Å². The van der Waals surface area contributed by atoms with Gasteiger partial charge in [0.2, 0.25) is 11.7 Å². The molecule has 112 valence electrons. The molecule has 1 saturated carbocycles. The number of aromatic nitrogens is 2. The van der Waals surface area contributed by atoms with Gasteiger partial charge in [0.05, 0.1) is 18.1 Å². The Balaban J connectivity index is 1.79. The van der Waals surface area contributed by atoms with Gasteiger partial charge in [-0.05, 0) is 30.9 Å². The fourth-order valence-corrected chi connectivity index (χ4v) is 2.12. The van der Waals surface area contributed by atoms with Crippen molar-refractivity contribution in [3.05, 3.63) is 35.7 Å². The Morgan fingerprint density at radius 2 is 2.10 bits per heavy atom. The summed E-state index contributed by atoms with van der Waals surface area (Å²) in [6, 6.07) is 4.75. The Morgan fingerprint density at radius 3 is 2.76 bits per heavy atom. The van der Waals surface area contributed by atoms with Crippen LogP contribution in [0.2, 0.25) is 0 Å². The molecule has 0 bridgehead atoms. The molecule has 1 aromatic carbocycles. The molecule has 1 N–H and O–H groups in total. The zero-order valence-corrected chi connectivity index (χ0v) is 11.0. The molecule has 1 fully saturated rings. The molecule has 1 atom stereocenters. The first kappa shape index (κ1) is 14.1. The molecular formula is C14H13F3N2O2. The molecule has 0 amide bonds. The molecule has 0 aliphatic heterocycles. The Kier molecular flexibility index (Phi) is 3.44. The number of rotatable bonds is 4. The van der Waals surface area contributed by atoms with E-state index in [0.717, 1.165) is 25.0 Å². The summed E-state index contributed by atoms with van der Waals surface area (Å²) >= 11 is 0. The van der Waals surface area contributed by atoms with Gasteiger partial charge in [-0.1, -0.05) is 17.3 Å². The van der Waals surface area contributed by atoms with Gasteiger partial charge in [0, 0.05) is 5.56 Å². The van der Waals surface area contributed by atoms with Crippen molar-refractivity contribution < 1.29 is 22.8 Å². The summed E-state index contributed by atoms with van der Waals surface area (Å²) in [5, 5.41) is 13.5. The Morgan fingerprint density at radius 1 is 1.33 bits per heavy atom. The highest BCUT2D eigenvalue weighted by Crippen LogP contribution is 2.34. The van der Waals surface area contributed by atoms with Crippen LogP contribution in [0.4, 0.5) is 13.2 Å². The van der Waals surface area contributed by atoms with Gasteiger partial charge < -0.3 is 9.63 Å². The predicted molar refractivity (Wildman–Crippen MR) is 67.2 cm³/mol. The SMILES string of the molecule is OC(Cc1nc(-c2cccc(C(F)(F)F)c2)no1)C1CC1. The molecule has 4 nitrogen and oxygen atoms in total. The maximum atomic E-state index is 12.7. The summed E-state index contributed by atoms with van der Waals surface area (Å²) in [6.07, 6.45) is -2.74. The average molecular weight is 298 g/mol. The Bertz CT molecular complexity index is 635. The van der Waals surface area contributed by atoms with Crippen LogP contribution in [0.25, 0.3) is 11.4 Å². The molecule has 3 rings (SSSR count). The molecule has 0 radical (unpaired) electrons. The molecule has 1 aliphatic rings. The van der Waals surface area contributed by atoms with Crippen LogP contribution in [-0.4, -0.2) is 21.4 Å². The van der Waals surface area contributed by atoms with Gasteiger partial charge in [0.1, 0.15) is 0 Å². The molecule has 1 unspecified atom stereocenters.